The molecule has 1 aliphatic rings. The largest absolute Gasteiger partial charge is 0.358 e. The van der Waals surface area contributed by atoms with Gasteiger partial charge in [-0.05, 0) is 30.4 Å². The van der Waals surface area contributed by atoms with Gasteiger partial charge < -0.3 is 10.3 Å². The molecule has 4 heterocycles. The molecule has 0 bridgehead atoms. The number of pyridine rings is 1. The van der Waals surface area contributed by atoms with Crippen LogP contribution in [0.5, 0.6) is 0 Å². The van der Waals surface area contributed by atoms with Gasteiger partial charge in [0.15, 0.2) is 0 Å². The second-order valence-electron chi connectivity index (χ2n) is 5.92. The van der Waals surface area contributed by atoms with Crippen molar-refractivity contribution >= 4 is 29.7 Å². The number of hydrogen-bond donors (Lipinski definition) is 2. The van der Waals surface area contributed by atoms with Crippen molar-refractivity contribution in [3.05, 3.63) is 58.3 Å². The zero-order valence-electron chi connectivity index (χ0n) is 13.6. The second kappa shape index (κ2) is 6.22. The number of aryl methyl sites for hydroxylation is 1. The van der Waals surface area contributed by atoms with E-state index in [4.69, 9.17) is 11.6 Å². The molecule has 0 radical (unpaired) electrons. The van der Waals surface area contributed by atoms with E-state index in [1.54, 1.807) is 17.1 Å². The third-order valence-electron chi connectivity index (χ3n) is 4.12. The lowest BCUT2D eigenvalue weighted by Crippen LogP contribution is -2.31. The van der Waals surface area contributed by atoms with Crippen molar-refractivity contribution in [2.75, 3.05) is 6.54 Å². The number of nitrogens with one attached hydrogen (secondary N) is 2. The normalized spacial score (nSPS) is 13.9. The monoisotopic (exact) mass is 353 g/mol. The zero-order chi connectivity index (χ0) is 17.4. The van der Waals surface area contributed by atoms with Crippen molar-refractivity contribution in [1.29, 1.82) is 0 Å². The lowest BCUT2D eigenvalue weighted by atomic mass is 10.1. The highest BCUT2D eigenvalue weighted by atomic mass is 35.5. The number of fused-ring (bicyclic) bond motifs is 1. The van der Waals surface area contributed by atoms with E-state index in [0.29, 0.717) is 17.3 Å². The Bertz CT molecular complexity index is 985. The van der Waals surface area contributed by atoms with Crippen LogP contribution in [0.2, 0.25) is 5.02 Å². The Morgan fingerprint density at radius 1 is 1.32 bits per heavy atom. The first kappa shape index (κ1) is 15.7. The third-order valence-corrected chi connectivity index (χ3v) is 4.41. The van der Waals surface area contributed by atoms with Crippen LogP contribution in [0, 0.1) is 0 Å². The first-order valence-electron chi connectivity index (χ1n) is 7.94. The van der Waals surface area contributed by atoms with Crippen molar-refractivity contribution in [3.63, 3.8) is 0 Å². The highest BCUT2D eigenvalue weighted by molar-refractivity contribution is 6.31. The Labute approximate surface area is 149 Å². The van der Waals surface area contributed by atoms with Gasteiger partial charge in [-0.1, -0.05) is 11.6 Å². The molecule has 0 aromatic carbocycles. The Morgan fingerprint density at radius 2 is 2.20 bits per heavy atom. The second-order valence-corrected chi connectivity index (χ2v) is 6.33. The van der Waals surface area contributed by atoms with Crippen LogP contribution in [0.3, 0.4) is 0 Å². The molecular weight excluding hydrogens is 338 g/mol. The molecule has 3 aromatic rings. The molecule has 6 nitrogen and oxygen atoms in total. The standard InChI is InChI=1S/C18H16ClN5O/c1-24-10-14(19)16(23-24)3-2-12-8-11(4-6-20-12)17-9-13-15(22-17)5-7-21-18(13)25/h2-4,6,8-10,22H,5,7H2,1H3,(H,21,25). The summed E-state index contributed by atoms with van der Waals surface area (Å²) in [5, 5.41) is 7.73. The molecule has 0 spiro atoms. The quantitative estimate of drug-likeness (QED) is 0.760. The van der Waals surface area contributed by atoms with Crippen LogP contribution < -0.4 is 5.32 Å². The predicted octanol–water partition coefficient (Wildman–Crippen LogP) is 2.92. The molecule has 0 aliphatic carbocycles. The van der Waals surface area contributed by atoms with E-state index >= 15 is 0 Å². The maximum Gasteiger partial charge on any atom is 0.253 e. The van der Waals surface area contributed by atoms with Gasteiger partial charge >= 0.3 is 0 Å². The topological polar surface area (TPSA) is 75.6 Å². The highest BCUT2D eigenvalue weighted by Crippen LogP contribution is 2.25. The summed E-state index contributed by atoms with van der Waals surface area (Å²) in [7, 11) is 1.82. The van der Waals surface area contributed by atoms with Crippen molar-refractivity contribution in [2.24, 2.45) is 7.05 Å². The van der Waals surface area contributed by atoms with Crippen LogP contribution in [0.25, 0.3) is 23.4 Å². The Morgan fingerprint density at radius 3 is 2.96 bits per heavy atom. The number of nitrogens with zero attached hydrogens (tertiary/aromatic N) is 3. The van der Waals surface area contributed by atoms with Crippen LogP contribution >= 0.6 is 11.6 Å². The third kappa shape index (κ3) is 3.08. The fourth-order valence-electron chi connectivity index (χ4n) is 2.91. The summed E-state index contributed by atoms with van der Waals surface area (Å²) in [5.74, 6) is -0.0253. The van der Waals surface area contributed by atoms with Gasteiger partial charge in [0.25, 0.3) is 5.91 Å². The first-order valence-corrected chi connectivity index (χ1v) is 8.32. The average molecular weight is 354 g/mol. The smallest absolute Gasteiger partial charge is 0.253 e. The fourth-order valence-corrected chi connectivity index (χ4v) is 3.15. The van der Waals surface area contributed by atoms with Gasteiger partial charge in [-0.3, -0.25) is 14.5 Å². The maximum absolute atomic E-state index is 11.9. The lowest BCUT2D eigenvalue weighted by molar-refractivity contribution is 0.0946. The molecule has 2 N–H and O–H groups in total. The maximum atomic E-state index is 11.9. The number of aromatic amines is 1. The van der Waals surface area contributed by atoms with Gasteiger partial charge in [-0.2, -0.15) is 5.10 Å². The minimum Gasteiger partial charge on any atom is -0.358 e. The lowest BCUT2D eigenvalue weighted by Gasteiger charge is -2.10. The van der Waals surface area contributed by atoms with Crippen molar-refractivity contribution < 1.29 is 4.79 Å². The molecule has 4 rings (SSSR count). The SMILES string of the molecule is Cn1cc(Cl)c(C=Cc2cc(-c3cc4c([nH]3)CCNC4=O)ccn2)n1. The average Bonchev–Trinajstić information content (AvgIpc) is 3.17. The van der Waals surface area contributed by atoms with E-state index in [2.05, 4.69) is 20.4 Å². The number of amides is 1. The summed E-state index contributed by atoms with van der Waals surface area (Å²) in [4.78, 5) is 19.6. The number of halogens is 1. The van der Waals surface area contributed by atoms with Gasteiger partial charge in [0.1, 0.15) is 5.69 Å². The molecule has 0 atom stereocenters. The first-order chi connectivity index (χ1) is 12.1. The van der Waals surface area contributed by atoms with E-state index in [9.17, 15) is 4.79 Å². The van der Waals surface area contributed by atoms with E-state index in [1.807, 2.05) is 37.4 Å². The molecular formula is C18H16ClN5O. The number of carbonyl (C=O) groups excluding carboxylic acids is 1. The molecule has 0 saturated heterocycles. The fraction of sp³-hybridized carbons (Fsp3) is 0.167. The van der Waals surface area contributed by atoms with Gasteiger partial charge in [0.2, 0.25) is 0 Å². The van der Waals surface area contributed by atoms with Crippen molar-refractivity contribution in [2.45, 2.75) is 6.42 Å². The van der Waals surface area contributed by atoms with E-state index < -0.39 is 0 Å². The zero-order valence-corrected chi connectivity index (χ0v) is 14.3. The molecule has 0 fully saturated rings. The summed E-state index contributed by atoms with van der Waals surface area (Å²) in [6.45, 7) is 0.668. The Balaban J connectivity index is 1.64. The van der Waals surface area contributed by atoms with E-state index in [-0.39, 0.29) is 5.91 Å². The van der Waals surface area contributed by atoms with Crippen LogP contribution in [-0.2, 0) is 13.5 Å². The number of aromatic nitrogens is 4. The van der Waals surface area contributed by atoms with E-state index in [0.717, 1.165) is 34.6 Å². The van der Waals surface area contributed by atoms with Gasteiger partial charge in [-0.15, -0.1) is 0 Å². The van der Waals surface area contributed by atoms with Crippen LogP contribution in [0.1, 0.15) is 27.4 Å². The summed E-state index contributed by atoms with van der Waals surface area (Å²) in [6, 6.07) is 5.77. The molecule has 1 aliphatic heterocycles. The number of H-pyrrole nitrogens is 1. The highest BCUT2D eigenvalue weighted by Gasteiger charge is 2.19. The van der Waals surface area contributed by atoms with Crippen molar-refractivity contribution in [1.82, 2.24) is 25.1 Å². The molecule has 1 amide bonds. The molecule has 126 valence electrons. The summed E-state index contributed by atoms with van der Waals surface area (Å²) >= 11 is 6.11. The Kier molecular flexibility index (Phi) is 3.89. The van der Waals surface area contributed by atoms with Crippen LogP contribution in [-0.4, -0.2) is 32.2 Å². The number of hydrogen-bond acceptors (Lipinski definition) is 3. The predicted molar refractivity (Wildman–Crippen MR) is 97.2 cm³/mol. The van der Waals surface area contributed by atoms with Gasteiger partial charge in [0, 0.05) is 49.4 Å². The van der Waals surface area contributed by atoms with Crippen LogP contribution in [0.4, 0.5) is 0 Å². The summed E-state index contributed by atoms with van der Waals surface area (Å²) in [5.41, 5.74) is 5.07. The molecule has 25 heavy (non-hydrogen) atoms. The summed E-state index contributed by atoms with van der Waals surface area (Å²) in [6.07, 6.45) is 8.01. The van der Waals surface area contributed by atoms with Crippen LogP contribution in [0.15, 0.2) is 30.6 Å². The number of rotatable bonds is 3. The minimum absolute atomic E-state index is 0.0253. The van der Waals surface area contributed by atoms with Gasteiger partial charge in [-0.25, -0.2) is 0 Å². The van der Waals surface area contributed by atoms with Gasteiger partial charge in [0.05, 0.1) is 16.3 Å². The van der Waals surface area contributed by atoms with Crippen molar-refractivity contribution in [3.8, 4) is 11.3 Å². The molecule has 7 heteroatoms. The minimum atomic E-state index is -0.0253. The molecule has 0 saturated carbocycles. The molecule has 3 aromatic heterocycles. The number of carbonyl (C=O) groups is 1. The Hall–Kier alpha value is -2.86. The summed E-state index contributed by atoms with van der Waals surface area (Å²) < 4.78 is 1.67. The van der Waals surface area contributed by atoms with E-state index in [1.165, 1.54) is 0 Å². The molecule has 0 unspecified atom stereocenters.